The van der Waals surface area contributed by atoms with Crippen molar-refractivity contribution in [3.63, 3.8) is 0 Å². The number of carbonyl (C=O) groups is 2. The van der Waals surface area contributed by atoms with Gasteiger partial charge >= 0.3 is 6.09 Å². The van der Waals surface area contributed by atoms with Crippen molar-refractivity contribution in [1.82, 2.24) is 29.7 Å². The summed E-state index contributed by atoms with van der Waals surface area (Å²) in [6, 6.07) is 18.4. The number of piperazine rings is 1. The van der Waals surface area contributed by atoms with Crippen LogP contribution in [0.25, 0.3) is 0 Å². The largest absolute Gasteiger partial charge is 0.446 e. The van der Waals surface area contributed by atoms with Crippen LogP contribution in [0.15, 0.2) is 79.4 Å². The smallest absolute Gasteiger partial charge is 0.410 e. The van der Waals surface area contributed by atoms with Crippen molar-refractivity contribution in [3.05, 3.63) is 118 Å². The van der Waals surface area contributed by atoms with E-state index in [4.69, 9.17) is 21.3 Å². The number of ether oxygens (including phenoxy) is 1. The van der Waals surface area contributed by atoms with Crippen LogP contribution < -0.4 is 5.32 Å². The number of aromatic nitrogens is 3. The number of carbonyl (C=O) groups excluding carboxylic acids is 2. The molecule has 3 atom stereocenters. The Morgan fingerprint density at radius 3 is 2.58 bits per heavy atom. The Hall–Kier alpha value is -4.25. The highest BCUT2D eigenvalue weighted by Gasteiger charge is 2.42. The quantitative estimate of drug-likeness (QED) is 0.247. The van der Waals surface area contributed by atoms with Crippen molar-refractivity contribution in [2.45, 2.75) is 82.2 Å². The van der Waals surface area contributed by atoms with E-state index in [-0.39, 0.29) is 37.7 Å². The second kappa shape index (κ2) is 14.9. The number of nitrogens with zero attached hydrogens (tertiary/aromatic N) is 5. The first kappa shape index (κ1) is 34.2. The van der Waals surface area contributed by atoms with Crippen LogP contribution in [-0.4, -0.2) is 79.8 Å². The number of halogens is 1. The number of rotatable bonds is 8. The van der Waals surface area contributed by atoms with Gasteiger partial charge in [0.25, 0.3) is 0 Å². The van der Waals surface area contributed by atoms with Gasteiger partial charge in [0.05, 0.1) is 36.8 Å². The highest BCUT2D eigenvalue weighted by molar-refractivity contribution is 6.30. The number of amides is 2. The van der Waals surface area contributed by atoms with Crippen molar-refractivity contribution in [1.29, 1.82) is 0 Å². The fourth-order valence-electron chi connectivity index (χ4n) is 7.84. The zero-order chi connectivity index (χ0) is 34.7. The fourth-order valence-corrected chi connectivity index (χ4v) is 8.03. The molecule has 7 rings (SSSR count). The number of hydrogen-bond acceptors (Lipinski definition) is 7. The monoisotopic (exact) mass is 696 g/mol. The van der Waals surface area contributed by atoms with Crippen molar-refractivity contribution < 1.29 is 19.4 Å². The highest BCUT2D eigenvalue weighted by Crippen LogP contribution is 2.38. The number of pyridine rings is 1. The zero-order valence-electron chi connectivity index (χ0n) is 28.5. The minimum absolute atomic E-state index is 0.0652. The number of imidazole rings is 1. The molecule has 1 saturated carbocycles. The van der Waals surface area contributed by atoms with E-state index in [9.17, 15) is 14.7 Å². The standard InChI is InChI=1S/C39H45ClN6O4/c1-27-22-44(26-43-27)25-39(49,30-10-4-2-5-11-30)24-42-37(47)34-23-45(19-20-46(34)38(48)50-32-12-6-3-7-13-32)36-33-17-16-31(40)21-29(33)15-14-28-9-8-18-41-35(28)36/h2,4-5,8-11,16-18,21-22,26,32,34,36,49H,3,6-7,12-15,19-20,23-25H2,1H3,(H,42,47)/t34-,36?,39?/m1/s1. The molecular formula is C39H45ClN6O4. The van der Waals surface area contributed by atoms with Crippen LogP contribution >= 0.6 is 11.6 Å². The molecule has 2 N–H and O–H groups in total. The van der Waals surface area contributed by atoms with E-state index in [0.29, 0.717) is 23.7 Å². The fraction of sp³-hybridized carbons (Fsp3) is 0.436. The lowest BCUT2D eigenvalue weighted by atomic mass is 9.93. The van der Waals surface area contributed by atoms with Crippen LogP contribution in [0.1, 0.15) is 71.8 Å². The van der Waals surface area contributed by atoms with Gasteiger partial charge in [0.2, 0.25) is 5.91 Å². The Bertz CT molecular complexity index is 1810. The maximum Gasteiger partial charge on any atom is 0.410 e. The molecule has 262 valence electrons. The molecule has 50 heavy (non-hydrogen) atoms. The van der Waals surface area contributed by atoms with Crippen molar-refractivity contribution in [3.8, 4) is 0 Å². The molecule has 1 aliphatic heterocycles. The maximum atomic E-state index is 14.4. The van der Waals surface area contributed by atoms with Gasteiger partial charge in [0, 0.05) is 37.1 Å². The first-order chi connectivity index (χ1) is 24.3. The summed E-state index contributed by atoms with van der Waals surface area (Å²) in [5.74, 6) is -0.349. The summed E-state index contributed by atoms with van der Waals surface area (Å²) >= 11 is 6.48. The zero-order valence-corrected chi connectivity index (χ0v) is 29.3. The van der Waals surface area contributed by atoms with E-state index < -0.39 is 17.7 Å². The molecule has 3 aliphatic rings. The lowest BCUT2D eigenvalue weighted by Gasteiger charge is -2.44. The van der Waals surface area contributed by atoms with Crippen LogP contribution in [0.5, 0.6) is 0 Å². The van der Waals surface area contributed by atoms with E-state index in [1.54, 1.807) is 11.2 Å². The molecule has 2 aromatic heterocycles. The molecule has 0 bridgehead atoms. The van der Waals surface area contributed by atoms with Gasteiger partial charge in [-0.3, -0.25) is 19.6 Å². The second-order valence-corrected chi connectivity index (χ2v) is 14.4. The summed E-state index contributed by atoms with van der Waals surface area (Å²) in [5, 5.41) is 15.9. The SMILES string of the molecule is Cc1cn(CC(O)(CNC(=O)[C@H]2CN(C3c4ccc(Cl)cc4CCc4cccnc43)CCN2C(=O)OC2CCCCC2)c2ccccc2)cn1. The summed E-state index contributed by atoms with van der Waals surface area (Å²) < 4.78 is 7.86. The molecule has 2 unspecified atom stereocenters. The molecule has 2 amide bonds. The lowest BCUT2D eigenvalue weighted by molar-refractivity contribution is -0.130. The maximum absolute atomic E-state index is 14.4. The van der Waals surface area contributed by atoms with Crippen LogP contribution in [0.2, 0.25) is 5.02 Å². The van der Waals surface area contributed by atoms with Gasteiger partial charge in [-0.15, -0.1) is 0 Å². The molecule has 2 aliphatic carbocycles. The Morgan fingerprint density at radius 2 is 1.80 bits per heavy atom. The Balaban J connectivity index is 1.19. The normalized spacial score (nSPS) is 21.0. The van der Waals surface area contributed by atoms with E-state index in [2.05, 4.69) is 27.3 Å². The van der Waals surface area contributed by atoms with Crippen LogP contribution in [-0.2, 0) is 34.5 Å². The highest BCUT2D eigenvalue weighted by atomic mass is 35.5. The van der Waals surface area contributed by atoms with Crippen molar-refractivity contribution >= 4 is 23.6 Å². The number of hydrogen-bond donors (Lipinski definition) is 2. The molecule has 0 radical (unpaired) electrons. The summed E-state index contributed by atoms with van der Waals surface area (Å²) in [5.41, 5.74) is 4.45. The first-order valence-electron chi connectivity index (χ1n) is 17.7. The number of aliphatic hydroxyl groups is 1. The second-order valence-electron chi connectivity index (χ2n) is 13.9. The molecule has 1 saturated heterocycles. The van der Waals surface area contributed by atoms with Gasteiger partial charge in [0.15, 0.2) is 0 Å². The summed E-state index contributed by atoms with van der Waals surface area (Å²) in [6.45, 7) is 3.11. The Kier molecular flexibility index (Phi) is 10.2. The van der Waals surface area contributed by atoms with Crippen molar-refractivity contribution in [2.75, 3.05) is 26.2 Å². The van der Waals surface area contributed by atoms with E-state index in [1.165, 1.54) is 0 Å². The third-order valence-electron chi connectivity index (χ3n) is 10.5. The van der Waals surface area contributed by atoms with Crippen molar-refractivity contribution in [2.24, 2.45) is 0 Å². The number of aryl methyl sites for hydroxylation is 3. The predicted octanol–water partition coefficient (Wildman–Crippen LogP) is 5.59. The minimum atomic E-state index is -1.44. The Labute approximate surface area is 298 Å². The molecule has 3 heterocycles. The molecule has 2 fully saturated rings. The average molecular weight is 697 g/mol. The van der Waals surface area contributed by atoms with Crippen LogP contribution in [0.3, 0.4) is 0 Å². The summed E-state index contributed by atoms with van der Waals surface area (Å²) in [6.07, 6.45) is 11.3. The Morgan fingerprint density at radius 1 is 1.00 bits per heavy atom. The van der Waals surface area contributed by atoms with Gasteiger partial charge in [0.1, 0.15) is 17.7 Å². The third-order valence-corrected chi connectivity index (χ3v) is 10.7. The molecule has 10 nitrogen and oxygen atoms in total. The molecule has 11 heteroatoms. The van der Waals surface area contributed by atoms with Gasteiger partial charge in [-0.25, -0.2) is 9.78 Å². The summed E-state index contributed by atoms with van der Waals surface area (Å²) in [4.78, 5) is 41.3. The van der Waals surface area contributed by atoms with Gasteiger partial charge in [-0.05, 0) is 85.9 Å². The first-order valence-corrected chi connectivity index (χ1v) is 18.1. The van der Waals surface area contributed by atoms with Crippen LogP contribution in [0.4, 0.5) is 4.79 Å². The number of benzene rings is 2. The van der Waals surface area contributed by atoms with Gasteiger partial charge < -0.3 is 19.7 Å². The third kappa shape index (κ3) is 7.43. The molecule has 0 spiro atoms. The lowest BCUT2D eigenvalue weighted by Crippen LogP contribution is -2.62. The van der Waals surface area contributed by atoms with E-state index >= 15 is 0 Å². The molecule has 4 aromatic rings. The van der Waals surface area contributed by atoms with Gasteiger partial charge in [-0.2, -0.15) is 0 Å². The summed E-state index contributed by atoms with van der Waals surface area (Å²) in [7, 11) is 0. The average Bonchev–Trinajstić information content (AvgIpc) is 3.47. The molecular weight excluding hydrogens is 652 g/mol. The minimum Gasteiger partial charge on any atom is -0.446 e. The molecule has 2 aromatic carbocycles. The van der Waals surface area contributed by atoms with Gasteiger partial charge in [-0.1, -0.05) is 60.5 Å². The predicted molar refractivity (Wildman–Crippen MR) is 191 cm³/mol. The van der Waals surface area contributed by atoms with E-state index in [1.807, 2.05) is 72.4 Å². The van der Waals surface area contributed by atoms with Crippen LogP contribution in [0, 0.1) is 6.92 Å². The topological polar surface area (TPSA) is 113 Å². The number of nitrogens with one attached hydrogen (secondary N) is 1. The van der Waals surface area contributed by atoms with E-state index in [0.717, 1.165) is 73.0 Å². The number of fused-ring (bicyclic) bond motifs is 2.